The lowest BCUT2D eigenvalue weighted by atomic mass is 10.2. The van der Waals surface area contributed by atoms with Crippen LogP contribution in [0.3, 0.4) is 0 Å². The summed E-state index contributed by atoms with van der Waals surface area (Å²) in [5.74, 6) is 2.00. The number of benzene rings is 1. The van der Waals surface area contributed by atoms with Gasteiger partial charge in [-0.2, -0.15) is 0 Å². The van der Waals surface area contributed by atoms with Crippen LogP contribution in [-0.4, -0.2) is 44.1 Å². The minimum Gasteiger partial charge on any atom is -0.486 e. The van der Waals surface area contributed by atoms with Gasteiger partial charge in [0.25, 0.3) is 0 Å². The number of aromatic nitrogens is 4. The van der Waals surface area contributed by atoms with Crippen LogP contribution in [0.15, 0.2) is 47.9 Å². The van der Waals surface area contributed by atoms with Gasteiger partial charge < -0.3 is 19.4 Å². The Balaban J connectivity index is 1.47. The van der Waals surface area contributed by atoms with Crippen molar-refractivity contribution < 1.29 is 14.3 Å². The molecule has 0 radical (unpaired) electrons. The molecule has 1 aliphatic rings. The number of nitrogens with zero attached hydrogens (tertiary/aromatic N) is 4. The van der Waals surface area contributed by atoms with Crippen LogP contribution in [0.5, 0.6) is 11.5 Å². The number of pyridine rings is 1. The molecule has 156 valence electrons. The summed E-state index contributed by atoms with van der Waals surface area (Å²) in [6.07, 6.45) is 4.40. The van der Waals surface area contributed by atoms with Crippen LogP contribution in [0.4, 0.5) is 5.69 Å². The minimum atomic E-state index is -0.358. The normalized spacial score (nSPS) is 13.7. The largest absolute Gasteiger partial charge is 0.486 e. The lowest BCUT2D eigenvalue weighted by Gasteiger charge is -2.19. The molecule has 4 rings (SSSR count). The van der Waals surface area contributed by atoms with Crippen molar-refractivity contribution in [2.75, 3.05) is 18.5 Å². The maximum Gasteiger partial charge on any atom is 0.237 e. The molecule has 0 saturated heterocycles. The fourth-order valence-electron chi connectivity index (χ4n) is 3.09. The maximum absolute atomic E-state index is 12.8. The highest BCUT2D eigenvalue weighted by Gasteiger charge is 2.21. The zero-order valence-corrected chi connectivity index (χ0v) is 17.7. The van der Waals surface area contributed by atoms with Crippen LogP contribution in [0.2, 0.25) is 0 Å². The predicted octanol–water partition coefficient (Wildman–Crippen LogP) is 3.64. The molecule has 30 heavy (non-hydrogen) atoms. The maximum atomic E-state index is 12.8. The molecule has 3 aromatic rings. The lowest BCUT2D eigenvalue weighted by Crippen LogP contribution is -2.23. The van der Waals surface area contributed by atoms with Gasteiger partial charge in [-0.3, -0.25) is 9.78 Å². The highest BCUT2D eigenvalue weighted by molar-refractivity contribution is 8.00. The van der Waals surface area contributed by atoms with Crippen molar-refractivity contribution in [1.29, 1.82) is 0 Å². The molecule has 1 N–H and O–H groups in total. The van der Waals surface area contributed by atoms with E-state index < -0.39 is 0 Å². The Morgan fingerprint density at radius 1 is 1.17 bits per heavy atom. The van der Waals surface area contributed by atoms with E-state index in [4.69, 9.17) is 9.47 Å². The number of nitrogens with one attached hydrogen (secondary N) is 1. The third kappa shape index (κ3) is 4.40. The number of carbonyl (C=O) groups is 1. The first-order chi connectivity index (χ1) is 14.7. The number of hydrogen-bond donors (Lipinski definition) is 1. The van der Waals surface area contributed by atoms with Crippen molar-refractivity contribution in [2.24, 2.45) is 0 Å². The van der Waals surface area contributed by atoms with E-state index in [1.54, 1.807) is 24.5 Å². The molecule has 0 aliphatic carbocycles. The molecule has 1 unspecified atom stereocenters. The average Bonchev–Trinajstić information content (AvgIpc) is 3.16. The molecular formula is C21H23N5O3S. The molecule has 0 bridgehead atoms. The van der Waals surface area contributed by atoms with Gasteiger partial charge in [-0.1, -0.05) is 18.7 Å². The highest BCUT2D eigenvalue weighted by atomic mass is 32.2. The zero-order valence-electron chi connectivity index (χ0n) is 16.9. The van der Waals surface area contributed by atoms with Gasteiger partial charge in [-0.25, -0.2) is 0 Å². The minimum absolute atomic E-state index is 0.117. The van der Waals surface area contributed by atoms with Crippen LogP contribution in [0.1, 0.15) is 20.3 Å². The second-order valence-corrected chi connectivity index (χ2v) is 8.11. The second kappa shape index (κ2) is 9.17. The number of ether oxygens (including phenoxy) is 2. The first-order valence-corrected chi connectivity index (χ1v) is 10.7. The van der Waals surface area contributed by atoms with E-state index in [0.717, 1.165) is 24.4 Å². The van der Waals surface area contributed by atoms with E-state index >= 15 is 0 Å². The Hall–Kier alpha value is -3.07. The summed E-state index contributed by atoms with van der Waals surface area (Å²) in [5, 5.41) is 12.0. The quantitative estimate of drug-likeness (QED) is 0.578. The van der Waals surface area contributed by atoms with Crippen molar-refractivity contribution in [3.8, 4) is 22.9 Å². The van der Waals surface area contributed by atoms with Crippen molar-refractivity contribution in [2.45, 2.75) is 37.2 Å². The van der Waals surface area contributed by atoms with Gasteiger partial charge >= 0.3 is 0 Å². The first kappa shape index (κ1) is 20.2. The smallest absolute Gasteiger partial charge is 0.237 e. The summed E-state index contributed by atoms with van der Waals surface area (Å²) in [5.41, 5.74) is 1.62. The summed E-state index contributed by atoms with van der Waals surface area (Å²) in [7, 11) is 0. The van der Waals surface area contributed by atoms with Gasteiger partial charge in [0.05, 0.1) is 5.25 Å². The Labute approximate surface area is 179 Å². The van der Waals surface area contributed by atoms with Gasteiger partial charge in [-0.05, 0) is 37.6 Å². The Bertz CT molecular complexity index is 1020. The van der Waals surface area contributed by atoms with Crippen LogP contribution in [0.25, 0.3) is 11.4 Å². The summed E-state index contributed by atoms with van der Waals surface area (Å²) in [4.78, 5) is 16.8. The SMILES string of the molecule is CCCn1c(SC(C)C(=O)Nc2ccc3c(c2)OCCO3)nnc1-c1ccncc1. The third-order valence-corrected chi connectivity index (χ3v) is 5.64. The van der Waals surface area contributed by atoms with Crippen LogP contribution in [-0.2, 0) is 11.3 Å². The van der Waals surface area contributed by atoms with Crippen molar-refractivity contribution in [3.05, 3.63) is 42.7 Å². The molecule has 9 heteroatoms. The molecule has 1 aliphatic heterocycles. The number of fused-ring (bicyclic) bond motifs is 1. The van der Waals surface area contributed by atoms with Crippen molar-refractivity contribution >= 4 is 23.4 Å². The predicted molar refractivity (Wildman–Crippen MR) is 115 cm³/mol. The lowest BCUT2D eigenvalue weighted by molar-refractivity contribution is -0.115. The van der Waals surface area contributed by atoms with Crippen molar-refractivity contribution in [1.82, 2.24) is 19.7 Å². The average molecular weight is 426 g/mol. The monoisotopic (exact) mass is 425 g/mol. The molecule has 1 amide bonds. The van der Waals surface area contributed by atoms with Crippen LogP contribution in [0, 0.1) is 0 Å². The van der Waals surface area contributed by atoms with E-state index in [0.29, 0.717) is 35.6 Å². The highest BCUT2D eigenvalue weighted by Crippen LogP contribution is 2.33. The topological polar surface area (TPSA) is 91.2 Å². The van der Waals surface area contributed by atoms with Gasteiger partial charge in [0, 0.05) is 36.3 Å². The Morgan fingerprint density at radius 2 is 1.93 bits per heavy atom. The standard InChI is InChI=1S/C21H23N5O3S/c1-3-10-26-19(15-6-8-22-9-7-15)24-25-21(26)30-14(2)20(27)23-16-4-5-17-18(13-16)29-12-11-28-17/h4-9,13-14H,3,10-12H2,1-2H3,(H,23,27). The Kier molecular flexibility index (Phi) is 6.18. The van der Waals surface area contributed by atoms with E-state index in [9.17, 15) is 4.79 Å². The first-order valence-electron chi connectivity index (χ1n) is 9.86. The number of hydrogen-bond acceptors (Lipinski definition) is 7. The zero-order chi connectivity index (χ0) is 20.9. The fourth-order valence-corrected chi connectivity index (χ4v) is 3.97. The van der Waals surface area contributed by atoms with E-state index in [-0.39, 0.29) is 11.2 Å². The second-order valence-electron chi connectivity index (χ2n) is 6.80. The molecular weight excluding hydrogens is 402 g/mol. The molecule has 0 saturated carbocycles. The number of carbonyl (C=O) groups excluding carboxylic acids is 1. The molecule has 3 heterocycles. The van der Waals surface area contributed by atoms with Gasteiger partial charge in [-0.15, -0.1) is 10.2 Å². The number of anilines is 1. The van der Waals surface area contributed by atoms with Gasteiger partial charge in [0.1, 0.15) is 13.2 Å². The molecule has 2 aromatic heterocycles. The van der Waals surface area contributed by atoms with E-state index in [1.807, 2.05) is 29.7 Å². The van der Waals surface area contributed by atoms with Crippen LogP contribution >= 0.6 is 11.8 Å². The molecule has 0 spiro atoms. The molecule has 1 aromatic carbocycles. The van der Waals surface area contributed by atoms with Crippen molar-refractivity contribution in [3.63, 3.8) is 0 Å². The summed E-state index contributed by atoms with van der Waals surface area (Å²) in [6.45, 7) is 5.76. The fraction of sp³-hybridized carbons (Fsp3) is 0.333. The third-order valence-electron chi connectivity index (χ3n) is 4.56. The number of rotatable bonds is 7. The Morgan fingerprint density at radius 3 is 2.70 bits per heavy atom. The number of thioether (sulfide) groups is 1. The molecule has 0 fully saturated rings. The summed E-state index contributed by atoms with van der Waals surface area (Å²) in [6, 6.07) is 9.21. The summed E-state index contributed by atoms with van der Waals surface area (Å²) < 4.78 is 13.2. The van der Waals surface area contributed by atoms with E-state index in [2.05, 4.69) is 27.4 Å². The molecule has 1 atom stereocenters. The van der Waals surface area contributed by atoms with Crippen LogP contribution < -0.4 is 14.8 Å². The van der Waals surface area contributed by atoms with Gasteiger partial charge in [0.2, 0.25) is 5.91 Å². The van der Waals surface area contributed by atoms with Gasteiger partial charge in [0.15, 0.2) is 22.5 Å². The number of amides is 1. The summed E-state index contributed by atoms with van der Waals surface area (Å²) >= 11 is 1.39. The molecule has 8 nitrogen and oxygen atoms in total. The van der Waals surface area contributed by atoms with E-state index in [1.165, 1.54) is 11.8 Å².